The number of rotatable bonds is 9. The molecule has 7 heteroatoms. The molecule has 0 fully saturated rings. The van der Waals surface area contributed by atoms with Crippen molar-refractivity contribution in [1.82, 2.24) is 10.6 Å². The summed E-state index contributed by atoms with van der Waals surface area (Å²) in [7, 11) is 0. The first kappa shape index (κ1) is 23.8. The molecule has 0 unspecified atom stereocenters. The van der Waals surface area contributed by atoms with Crippen LogP contribution < -0.4 is 20.1 Å². The number of nitrogens with zero attached hydrogens (tertiary/aromatic N) is 1. The maximum absolute atomic E-state index is 5.74. The third kappa shape index (κ3) is 9.51. The average Bonchev–Trinajstić information content (AvgIpc) is 2.87. The third-order valence-corrected chi connectivity index (χ3v) is 3.78. The van der Waals surface area contributed by atoms with E-state index in [1.165, 1.54) is 0 Å². The molecule has 0 saturated heterocycles. The second-order valence-corrected chi connectivity index (χ2v) is 6.78. The van der Waals surface area contributed by atoms with Gasteiger partial charge in [0, 0.05) is 32.7 Å². The van der Waals surface area contributed by atoms with Gasteiger partial charge in [-0.15, -0.1) is 24.0 Å². The Kier molecular flexibility index (Phi) is 12.2. The first-order valence-corrected chi connectivity index (χ1v) is 9.67. The van der Waals surface area contributed by atoms with Crippen molar-refractivity contribution in [3.63, 3.8) is 0 Å². The number of guanidine groups is 1. The minimum absolute atomic E-state index is 0. The summed E-state index contributed by atoms with van der Waals surface area (Å²) in [5.74, 6) is 3.04. The first-order chi connectivity index (χ1) is 12.7. The molecule has 1 aromatic rings. The SMILES string of the molecule is CCNC(=NCc1ccc2c(c1)OCCCO2)NCCCOCC(C)C.I. The van der Waals surface area contributed by atoms with Crippen LogP contribution in [0, 0.1) is 5.92 Å². The predicted octanol–water partition coefficient (Wildman–Crippen LogP) is 3.58. The molecule has 1 aliphatic heterocycles. The van der Waals surface area contributed by atoms with Crippen LogP contribution in [-0.2, 0) is 11.3 Å². The molecule has 154 valence electrons. The molecule has 27 heavy (non-hydrogen) atoms. The molecule has 1 aliphatic rings. The van der Waals surface area contributed by atoms with E-state index in [0.717, 1.165) is 62.2 Å². The van der Waals surface area contributed by atoms with Gasteiger partial charge in [-0.1, -0.05) is 19.9 Å². The molecule has 6 nitrogen and oxygen atoms in total. The van der Waals surface area contributed by atoms with Gasteiger partial charge in [-0.25, -0.2) is 4.99 Å². The van der Waals surface area contributed by atoms with Gasteiger partial charge < -0.3 is 24.8 Å². The average molecular weight is 491 g/mol. The fraction of sp³-hybridized carbons (Fsp3) is 0.650. The maximum atomic E-state index is 5.74. The van der Waals surface area contributed by atoms with Gasteiger partial charge in [0.25, 0.3) is 0 Å². The zero-order valence-corrected chi connectivity index (χ0v) is 19.1. The number of hydrogen-bond donors (Lipinski definition) is 2. The second-order valence-electron chi connectivity index (χ2n) is 6.78. The number of nitrogens with one attached hydrogen (secondary N) is 2. The number of hydrogen-bond acceptors (Lipinski definition) is 4. The Balaban J connectivity index is 0.00000364. The molecular weight excluding hydrogens is 457 g/mol. The Bertz CT molecular complexity index is 567. The molecule has 0 atom stereocenters. The molecule has 2 N–H and O–H groups in total. The van der Waals surface area contributed by atoms with E-state index in [0.29, 0.717) is 25.7 Å². The lowest BCUT2D eigenvalue weighted by Gasteiger charge is -2.12. The minimum atomic E-state index is 0. The summed E-state index contributed by atoms with van der Waals surface area (Å²) in [6.45, 7) is 11.6. The molecule has 0 amide bonds. The summed E-state index contributed by atoms with van der Waals surface area (Å²) in [5, 5.41) is 6.63. The molecular formula is C20H34IN3O3. The zero-order valence-electron chi connectivity index (χ0n) is 16.8. The van der Waals surface area contributed by atoms with Crippen LogP contribution >= 0.6 is 24.0 Å². The van der Waals surface area contributed by atoms with Gasteiger partial charge in [0.1, 0.15) is 0 Å². The summed E-state index contributed by atoms with van der Waals surface area (Å²) in [5.41, 5.74) is 1.10. The Morgan fingerprint density at radius 1 is 1.19 bits per heavy atom. The van der Waals surface area contributed by atoms with Gasteiger partial charge in [0.15, 0.2) is 17.5 Å². The summed E-state index contributed by atoms with van der Waals surface area (Å²) < 4.78 is 17.0. The van der Waals surface area contributed by atoms with Gasteiger partial charge in [-0.3, -0.25) is 0 Å². The van der Waals surface area contributed by atoms with Crippen molar-refractivity contribution in [3.05, 3.63) is 23.8 Å². The number of halogens is 1. The molecule has 0 spiro atoms. The van der Waals surface area contributed by atoms with Crippen LogP contribution in [0.1, 0.15) is 39.2 Å². The highest BCUT2D eigenvalue weighted by Gasteiger charge is 2.10. The van der Waals surface area contributed by atoms with Gasteiger partial charge in [-0.2, -0.15) is 0 Å². The van der Waals surface area contributed by atoms with Crippen molar-refractivity contribution in [2.24, 2.45) is 10.9 Å². The molecule has 0 bridgehead atoms. The van der Waals surface area contributed by atoms with Crippen LogP contribution in [0.5, 0.6) is 11.5 Å². The third-order valence-electron chi connectivity index (χ3n) is 3.78. The van der Waals surface area contributed by atoms with Gasteiger partial charge in [0.05, 0.1) is 19.8 Å². The van der Waals surface area contributed by atoms with Crippen molar-refractivity contribution in [2.75, 3.05) is 39.5 Å². The summed E-state index contributed by atoms with van der Waals surface area (Å²) in [6.07, 6.45) is 1.87. The molecule has 0 saturated carbocycles. The van der Waals surface area contributed by atoms with E-state index in [9.17, 15) is 0 Å². The highest BCUT2D eigenvalue weighted by atomic mass is 127. The molecule has 2 rings (SSSR count). The zero-order chi connectivity index (χ0) is 18.6. The number of aliphatic imine (C=N–C) groups is 1. The van der Waals surface area contributed by atoms with Crippen molar-refractivity contribution in [3.8, 4) is 11.5 Å². The highest BCUT2D eigenvalue weighted by Crippen LogP contribution is 2.30. The van der Waals surface area contributed by atoms with Crippen molar-refractivity contribution >= 4 is 29.9 Å². The Hall–Kier alpha value is -1.22. The van der Waals surface area contributed by atoms with E-state index in [1.807, 2.05) is 18.2 Å². The van der Waals surface area contributed by atoms with Crippen LogP contribution in [0.2, 0.25) is 0 Å². The molecule has 0 radical (unpaired) electrons. The Morgan fingerprint density at radius 3 is 2.70 bits per heavy atom. The first-order valence-electron chi connectivity index (χ1n) is 9.67. The lowest BCUT2D eigenvalue weighted by atomic mass is 10.2. The van der Waals surface area contributed by atoms with E-state index in [1.54, 1.807) is 0 Å². The van der Waals surface area contributed by atoms with E-state index < -0.39 is 0 Å². The quantitative estimate of drug-likeness (QED) is 0.239. The summed E-state index contributed by atoms with van der Waals surface area (Å²) in [6, 6.07) is 6.03. The maximum Gasteiger partial charge on any atom is 0.191 e. The minimum Gasteiger partial charge on any atom is -0.490 e. The van der Waals surface area contributed by atoms with Gasteiger partial charge in [0.2, 0.25) is 0 Å². The highest BCUT2D eigenvalue weighted by molar-refractivity contribution is 14.0. The van der Waals surface area contributed by atoms with Gasteiger partial charge in [-0.05, 0) is 37.0 Å². The second kappa shape index (κ2) is 13.9. The monoisotopic (exact) mass is 491 g/mol. The van der Waals surface area contributed by atoms with Crippen LogP contribution in [0.25, 0.3) is 0 Å². The fourth-order valence-corrected chi connectivity index (χ4v) is 2.52. The summed E-state index contributed by atoms with van der Waals surface area (Å²) in [4.78, 5) is 4.66. The number of fused-ring (bicyclic) bond motifs is 1. The predicted molar refractivity (Wildman–Crippen MR) is 121 cm³/mol. The van der Waals surface area contributed by atoms with E-state index in [4.69, 9.17) is 14.2 Å². The lowest BCUT2D eigenvalue weighted by molar-refractivity contribution is 0.108. The van der Waals surface area contributed by atoms with E-state index in [2.05, 4.69) is 36.4 Å². The van der Waals surface area contributed by atoms with Crippen molar-refractivity contribution < 1.29 is 14.2 Å². The van der Waals surface area contributed by atoms with E-state index >= 15 is 0 Å². The van der Waals surface area contributed by atoms with Gasteiger partial charge >= 0.3 is 0 Å². The standard InChI is InChI=1S/C20H33N3O3.HI/c1-4-21-20(22-9-5-10-24-15-16(2)3)23-14-17-7-8-18-19(13-17)26-12-6-11-25-18;/h7-8,13,16H,4-6,9-12,14-15H2,1-3H3,(H2,21,22,23);1H. The number of ether oxygens (including phenoxy) is 3. The molecule has 0 aliphatic carbocycles. The Labute approximate surface area is 180 Å². The fourth-order valence-electron chi connectivity index (χ4n) is 2.52. The molecule has 0 aromatic heterocycles. The normalized spacial score (nSPS) is 13.7. The topological polar surface area (TPSA) is 64.1 Å². The van der Waals surface area contributed by atoms with Crippen molar-refractivity contribution in [2.45, 2.75) is 40.2 Å². The van der Waals surface area contributed by atoms with Crippen LogP contribution in [0.4, 0.5) is 0 Å². The van der Waals surface area contributed by atoms with E-state index in [-0.39, 0.29) is 24.0 Å². The Morgan fingerprint density at radius 2 is 1.96 bits per heavy atom. The summed E-state index contributed by atoms with van der Waals surface area (Å²) >= 11 is 0. The van der Waals surface area contributed by atoms with Crippen LogP contribution in [-0.4, -0.2) is 45.5 Å². The molecule has 1 aromatic carbocycles. The number of benzene rings is 1. The smallest absolute Gasteiger partial charge is 0.191 e. The van der Waals surface area contributed by atoms with Crippen LogP contribution in [0.15, 0.2) is 23.2 Å². The molecule has 1 heterocycles. The largest absolute Gasteiger partial charge is 0.490 e. The van der Waals surface area contributed by atoms with Crippen LogP contribution in [0.3, 0.4) is 0 Å². The lowest BCUT2D eigenvalue weighted by Crippen LogP contribution is -2.38. The van der Waals surface area contributed by atoms with Crippen molar-refractivity contribution in [1.29, 1.82) is 0 Å².